The molecular weight excluding hydrogens is 731 g/mol. The second kappa shape index (κ2) is 13.7. The van der Waals surface area contributed by atoms with E-state index >= 15 is 0 Å². The van der Waals surface area contributed by atoms with Crippen molar-refractivity contribution in [3.8, 4) is 0 Å². The molecule has 0 unspecified atom stereocenters. The van der Waals surface area contributed by atoms with Crippen molar-refractivity contribution in [3.63, 3.8) is 0 Å². The van der Waals surface area contributed by atoms with E-state index in [-0.39, 0.29) is 32.0 Å². The van der Waals surface area contributed by atoms with Crippen molar-refractivity contribution in [2.24, 2.45) is 0 Å². The van der Waals surface area contributed by atoms with Crippen LogP contribution < -0.4 is 9.80 Å². The summed E-state index contributed by atoms with van der Waals surface area (Å²) in [5.74, 6) is 0. The number of rotatable bonds is 4. The Morgan fingerprint density at radius 2 is 0.805 bits per heavy atom. The molecule has 1 aliphatic heterocycles. The Labute approximate surface area is 263 Å². The first-order chi connectivity index (χ1) is 17.9. The molecule has 0 saturated heterocycles. The summed E-state index contributed by atoms with van der Waals surface area (Å²) in [5, 5.41) is -0.298. The van der Waals surface area contributed by atoms with Gasteiger partial charge in [0.1, 0.15) is 12.6 Å². The monoisotopic (exact) mass is 776 g/mol. The van der Waals surface area contributed by atoms with Crippen LogP contribution in [0.2, 0.25) is 0 Å². The molecule has 41 heavy (non-hydrogen) atoms. The molecule has 1 aromatic rings. The Morgan fingerprint density at radius 1 is 0.585 bits per heavy atom. The van der Waals surface area contributed by atoms with E-state index in [1.807, 2.05) is 0 Å². The van der Waals surface area contributed by atoms with Crippen molar-refractivity contribution < 1.29 is 40.5 Å². The maximum atomic E-state index is 13.9. The molecule has 2 rings (SSSR count). The normalized spacial score (nSPS) is 15.6. The zero-order valence-corrected chi connectivity index (χ0v) is 32.1. The van der Waals surface area contributed by atoms with Crippen molar-refractivity contribution in [1.29, 1.82) is 0 Å². The summed E-state index contributed by atoms with van der Waals surface area (Å²) in [4.78, 5) is 3.58. The summed E-state index contributed by atoms with van der Waals surface area (Å²) < 4.78 is 83.4. The number of hydrogen-bond donors (Lipinski definition) is 0. The van der Waals surface area contributed by atoms with Crippen molar-refractivity contribution in [3.05, 3.63) is 29.9 Å². The molecule has 0 aromatic heterocycles. The molecule has 0 amide bonds. The van der Waals surface area contributed by atoms with Crippen LogP contribution in [0.3, 0.4) is 0 Å². The average Bonchev–Trinajstić information content (AvgIpc) is 3.01. The number of benzene rings is 1. The molecule has 241 valence electrons. The molecular formula is C27H45Cl3F6MoN2P2+. The molecule has 0 radical (unpaired) electrons. The number of fused-ring (bicyclic) bond motifs is 1. The zero-order chi connectivity index (χ0) is 32.7. The molecule has 14 heteroatoms. The standard InChI is InChI=1S/C27H43F6N2P2.3ClH.Mo/c1-22(2,3)36(23(4,5)6)16-34-15-35(17-37(24(7,8)9)25(10,11)12)21-14-19(27(31,32)33)18(13-20(21)34)26(28,29)30;;;;/h13-15H,16-17H2,1-12H3;3*1H;/q-1;;;;+3/p-1. The Morgan fingerprint density at radius 3 is 0.976 bits per heavy atom. The molecule has 1 aromatic carbocycles. The molecule has 0 N–H and O–H groups in total. The summed E-state index contributed by atoms with van der Waals surface area (Å²) in [5.41, 5.74) is -2.84. The molecule has 2 nitrogen and oxygen atoms in total. The van der Waals surface area contributed by atoms with Gasteiger partial charge in [0.25, 0.3) is 0 Å². The van der Waals surface area contributed by atoms with Gasteiger partial charge in [-0.3, -0.25) is 0 Å². The summed E-state index contributed by atoms with van der Waals surface area (Å²) in [7, 11) is 12.5. The predicted octanol–water partition coefficient (Wildman–Crippen LogP) is 12.1. The van der Waals surface area contributed by atoms with Crippen LogP contribution in [0.5, 0.6) is 0 Å². The van der Waals surface area contributed by atoms with E-state index in [9.17, 15) is 26.3 Å². The van der Waals surface area contributed by atoms with E-state index < -0.39 is 53.5 Å². The van der Waals surface area contributed by atoms with E-state index in [2.05, 4.69) is 83.1 Å². The predicted molar refractivity (Wildman–Crippen MR) is 169 cm³/mol. The van der Waals surface area contributed by atoms with E-state index in [4.69, 9.17) is 28.3 Å². The molecule has 0 atom stereocenters. The Balaban J connectivity index is 0.00000196. The zero-order valence-electron chi connectivity index (χ0n) is 25.9. The van der Waals surface area contributed by atoms with Gasteiger partial charge in [0.2, 0.25) is 0 Å². The quantitative estimate of drug-likeness (QED) is 0.130. The molecule has 0 saturated carbocycles. The fraction of sp³-hybridized carbons (Fsp3) is 0.741. The SMILES string of the molecule is CC(C)(C)[PH+](CN1[CH-]N(C[PH+](C(C)(C)C)C(C)(C)C)c2cc(C(F)(F)F)c(C(F)(F)F)cc21)C(C)(C)C.[Cl][Mo]([Cl])[Cl]. The second-order valence-electron chi connectivity index (χ2n) is 14.4. The van der Waals surface area contributed by atoms with Crippen molar-refractivity contribution >= 4 is 55.5 Å². The van der Waals surface area contributed by atoms with Gasteiger partial charge in [0.05, 0.1) is 31.8 Å². The third-order valence-electron chi connectivity index (χ3n) is 6.90. The summed E-state index contributed by atoms with van der Waals surface area (Å²) >= 11 is -1.94. The van der Waals surface area contributed by atoms with Crippen LogP contribution in [0.4, 0.5) is 37.7 Å². The van der Waals surface area contributed by atoms with Gasteiger partial charge in [-0.1, -0.05) is 0 Å². The Hall–Kier alpha value is 0.818. The fourth-order valence-corrected chi connectivity index (χ4v) is 13.2. The molecule has 0 aliphatic carbocycles. The Bertz CT molecular complexity index is 919. The van der Waals surface area contributed by atoms with Gasteiger partial charge in [-0.25, -0.2) is 0 Å². The maximum absolute atomic E-state index is 13.9. The van der Waals surface area contributed by atoms with Crippen molar-refractivity contribution in [1.82, 2.24) is 0 Å². The van der Waals surface area contributed by atoms with Crippen LogP contribution in [0, 0.1) is 6.67 Å². The van der Waals surface area contributed by atoms with Gasteiger partial charge in [-0.2, -0.15) is 26.3 Å². The fourth-order valence-electron chi connectivity index (χ4n) is 5.59. The number of hydrogen-bond acceptors (Lipinski definition) is 2. The van der Waals surface area contributed by atoms with Crippen LogP contribution in [0.15, 0.2) is 12.1 Å². The third-order valence-corrected chi connectivity index (χ3v) is 15.5. The van der Waals surface area contributed by atoms with Gasteiger partial charge in [-0.15, -0.1) is 6.67 Å². The first-order valence-electron chi connectivity index (χ1n) is 13.1. The van der Waals surface area contributed by atoms with E-state index in [0.29, 0.717) is 12.6 Å². The Kier molecular flexibility index (Phi) is 13.3. The van der Waals surface area contributed by atoms with Gasteiger partial charge in [0, 0.05) is 27.2 Å². The molecule has 1 aliphatic rings. The van der Waals surface area contributed by atoms with E-state index in [1.165, 1.54) is 0 Å². The van der Waals surface area contributed by atoms with Crippen LogP contribution in [-0.2, 0) is 26.5 Å². The number of halogens is 9. The number of alkyl halides is 6. The topological polar surface area (TPSA) is 6.48 Å². The average molecular weight is 776 g/mol. The van der Waals surface area contributed by atoms with Crippen molar-refractivity contribution in [2.45, 2.75) is 116 Å². The van der Waals surface area contributed by atoms with Gasteiger partial charge in [-0.05, 0) is 95.2 Å². The van der Waals surface area contributed by atoms with Crippen LogP contribution in [0.25, 0.3) is 0 Å². The minimum atomic E-state index is -5.12. The van der Waals surface area contributed by atoms with Gasteiger partial charge in [0.15, 0.2) is 0 Å². The van der Waals surface area contributed by atoms with Gasteiger partial charge >= 0.3 is 54.8 Å². The molecule has 0 spiro atoms. The van der Waals surface area contributed by atoms with Crippen LogP contribution in [-0.4, -0.2) is 33.2 Å². The number of anilines is 2. The van der Waals surface area contributed by atoms with Gasteiger partial charge < -0.3 is 9.80 Å². The van der Waals surface area contributed by atoms with E-state index in [0.717, 1.165) is 12.1 Å². The first-order valence-corrected chi connectivity index (χ1v) is 24.2. The molecule has 1 heterocycles. The molecule has 0 fully saturated rings. The summed E-state index contributed by atoms with van der Waals surface area (Å²) in [6.07, 6.45) is -9.24. The van der Waals surface area contributed by atoms with E-state index in [1.54, 1.807) is 16.5 Å². The second-order valence-corrected chi connectivity index (χ2v) is 32.1. The van der Waals surface area contributed by atoms with Crippen molar-refractivity contribution in [2.75, 3.05) is 22.4 Å². The van der Waals surface area contributed by atoms with Crippen LogP contribution >= 0.6 is 44.1 Å². The van der Waals surface area contributed by atoms with Crippen LogP contribution in [0.1, 0.15) is 94.2 Å². The number of nitrogens with zero attached hydrogens (tertiary/aromatic N) is 2. The summed E-state index contributed by atoms with van der Waals surface area (Å²) in [6, 6.07) is 1.44. The molecule has 0 bridgehead atoms. The summed E-state index contributed by atoms with van der Waals surface area (Å²) in [6.45, 7) is 27.4. The minimum absolute atomic E-state index is 0.0745. The first kappa shape index (κ1) is 39.8. The third kappa shape index (κ3) is 11.6.